The molecular formula is C13H25NO4. The van der Waals surface area contributed by atoms with Crippen LogP contribution in [0, 0.1) is 5.92 Å². The van der Waals surface area contributed by atoms with Crippen molar-refractivity contribution in [1.29, 1.82) is 0 Å². The molecule has 5 heteroatoms. The number of rotatable bonds is 8. The van der Waals surface area contributed by atoms with Crippen LogP contribution in [0.4, 0.5) is 0 Å². The fourth-order valence-corrected chi connectivity index (χ4v) is 1.60. The second-order valence-electron chi connectivity index (χ2n) is 5.88. The molecule has 106 valence electrons. The maximum atomic E-state index is 11.6. The lowest BCUT2D eigenvalue weighted by atomic mass is 10.1. The highest BCUT2D eigenvalue weighted by molar-refractivity contribution is 5.71. The van der Waals surface area contributed by atoms with Crippen molar-refractivity contribution in [2.24, 2.45) is 5.92 Å². The van der Waals surface area contributed by atoms with Gasteiger partial charge in [-0.25, -0.2) is 0 Å². The SMILES string of the molecule is CCC(C)CC(=O)OC(CC(=O)[O-])C[N+](C)(C)C. The van der Waals surface area contributed by atoms with Gasteiger partial charge in [0.1, 0.15) is 6.54 Å². The van der Waals surface area contributed by atoms with Gasteiger partial charge in [-0.15, -0.1) is 0 Å². The lowest BCUT2D eigenvalue weighted by Crippen LogP contribution is -2.45. The predicted octanol–water partition coefficient (Wildman–Crippen LogP) is 0.181. The number of quaternary nitrogens is 1. The predicted molar refractivity (Wildman–Crippen MR) is 66.5 cm³/mol. The van der Waals surface area contributed by atoms with Crippen molar-refractivity contribution in [2.45, 2.75) is 39.2 Å². The number of esters is 1. The molecule has 0 saturated carbocycles. The van der Waals surface area contributed by atoms with Crippen molar-refractivity contribution in [3.8, 4) is 0 Å². The number of carbonyl (C=O) groups excluding carboxylic acids is 2. The van der Waals surface area contributed by atoms with Crippen LogP contribution in [-0.2, 0) is 14.3 Å². The smallest absolute Gasteiger partial charge is 0.306 e. The summed E-state index contributed by atoms with van der Waals surface area (Å²) in [5, 5.41) is 10.6. The molecule has 0 amide bonds. The zero-order valence-corrected chi connectivity index (χ0v) is 12.1. The van der Waals surface area contributed by atoms with Gasteiger partial charge in [0, 0.05) is 18.8 Å². The number of hydrogen-bond donors (Lipinski definition) is 0. The average molecular weight is 259 g/mol. The Hall–Kier alpha value is -1.10. The van der Waals surface area contributed by atoms with Gasteiger partial charge in [-0.2, -0.15) is 0 Å². The molecule has 0 aromatic rings. The summed E-state index contributed by atoms with van der Waals surface area (Å²) in [6.45, 7) is 4.43. The third kappa shape index (κ3) is 8.98. The Morgan fingerprint density at radius 2 is 1.78 bits per heavy atom. The number of aliphatic carboxylic acids is 1. The molecule has 18 heavy (non-hydrogen) atoms. The van der Waals surface area contributed by atoms with E-state index in [1.54, 1.807) is 0 Å². The minimum Gasteiger partial charge on any atom is -0.550 e. The van der Waals surface area contributed by atoms with Gasteiger partial charge in [0.25, 0.3) is 0 Å². The molecule has 0 aliphatic heterocycles. The molecule has 0 fully saturated rings. The molecule has 2 atom stereocenters. The quantitative estimate of drug-likeness (QED) is 0.461. The van der Waals surface area contributed by atoms with E-state index in [0.29, 0.717) is 17.4 Å². The van der Waals surface area contributed by atoms with E-state index in [2.05, 4.69) is 0 Å². The van der Waals surface area contributed by atoms with Gasteiger partial charge in [0.2, 0.25) is 0 Å². The van der Waals surface area contributed by atoms with Crippen LogP contribution in [-0.4, -0.2) is 50.2 Å². The van der Waals surface area contributed by atoms with E-state index in [9.17, 15) is 14.7 Å². The van der Waals surface area contributed by atoms with Crippen molar-refractivity contribution < 1.29 is 23.9 Å². The topological polar surface area (TPSA) is 66.4 Å². The third-order valence-corrected chi connectivity index (χ3v) is 2.66. The Morgan fingerprint density at radius 3 is 2.17 bits per heavy atom. The molecule has 0 aromatic carbocycles. The van der Waals surface area contributed by atoms with E-state index >= 15 is 0 Å². The van der Waals surface area contributed by atoms with Crippen molar-refractivity contribution >= 4 is 11.9 Å². The van der Waals surface area contributed by atoms with E-state index in [0.717, 1.165) is 6.42 Å². The van der Waals surface area contributed by atoms with Gasteiger partial charge >= 0.3 is 5.97 Å². The van der Waals surface area contributed by atoms with Crippen LogP contribution in [0.25, 0.3) is 0 Å². The maximum absolute atomic E-state index is 11.6. The number of likely N-dealkylation sites (N-methyl/N-ethyl adjacent to an activating group) is 1. The molecule has 0 aromatic heterocycles. The zero-order valence-electron chi connectivity index (χ0n) is 12.1. The molecule has 5 nitrogen and oxygen atoms in total. The van der Waals surface area contributed by atoms with Crippen molar-refractivity contribution in [3.63, 3.8) is 0 Å². The number of ether oxygens (including phenoxy) is 1. The Bertz CT molecular complexity index is 283. The van der Waals surface area contributed by atoms with E-state index in [4.69, 9.17) is 4.74 Å². The molecule has 0 saturated heterocycles. The zero-order chi connectivity index (χ0) is 14.3. The normalized spacial score (nSPS) is 14.9. The van der Waals surface area contributed by atoms with E-state index in [-0.39, 0.29) is 18.3 Å². The van der Waals surface area contributed by atoms with Crippen molar-refractivity contribution in [1.82, 2.24) is 0 Å². The monoisotopic (exact) mass is 259 g/mol. The third-order valence-electron chi connectivity index (χ3n) is 2.66. The van der Waals surface area contributed by atoms with Gasteiger partial charge in [0.05, 0.1) is 21.1 Å². The van der Waals surface area contributed by atoms with Gasteiger partial charge < -0.3 is 19.1 Å². The molecule has 0 N–H and O–H groups in total. The lowest BCUT2D eigenvalue weighted by molar-refractivity contribution is -0.873. The minimum atomic E-state index is -1.19. The Kier molecular flexibility index (Phi) is 6.91. The summed E-state index contributed by atoms with van der Waals surface area (Å²) in [6.07, 6.45) is 0.362. The number of nitrogens with zero attached hydrogens (tertiary/aromatic N) is 1. The van der Waals surface area contributed by atoms with Crippen LogP contribution >= 0.6 is 0 Å². The highest BCUT2D eigenvalue weighted by Crippen LogP contribution is 2.11. The van der Waals surface area contributed by atoms with Gasteiger partial charge in [-0.3, -0.25) is 4.79 Å². The molecule has 2 unspecified atom stereocenters. The highest BCUT2D eigenvalue weighted by atomic mass is 16.5. The standard InChI is InChI=1S/C13H25NO4/c1-6-10(2)7-13(17)18-11(8-12(15)16)9-14(3,4)5/h10-11H,6-9H2,1-5H3. The summed E-state index contributed by atoms with van der Waals surface area (Å²) in [5.41, 5.74) is 0. The Labute approximate surface area is 109 Å². The summed E-state index contributed by atoms with van der Waals surface area (Å²) in [7, 11) is 5.76. The van der Waals surface area contributed by atoms with E-state index in [1.165, 1.54) is 0 Å². The van der Waals surface area contributed by atoms with Crippen molar-refractivity contribution in [3.05, 3.63) is 0 Å². The second-order valence-corrected chi connectivity index (χ2v) is 5.88. The van der Waals surface area contributed by atoms with Gasteiger partial charge in [0.15, 0.2) is 6.10 Å². The summed E-state index contributed by atoms with van der Waals surface area (Å²) in [4.78, 5) is 22.3. The summed E-state index contributed by atoms with van der Waals surface area (Å²) < 4.78 is 5.77. The summed E-state index contributed by atoms with van der Waals surface area (Å²) >= 11 is 0. The van der Waals surface area contributed by atoms with Crippen molar-refractivity contribution in [2.75, 3.05) is 27.7 Å². The first-order valence-electron chi connectivity index (χ1n) is 6.33. The van der Waals surface area contributed by atoms with Gasteiger partial charge in [-0.05, 0) is 5.92 Å². The number of hydrogen-bond acceptors (Lipinski definition) is 4. The van der Waals surface area contributed by atoms with Crippen LogP contribution in [0.1, 0.15) is 33.1 Å². The van der Waals surface area contributed by atoms with Gasteiger partial charge in [-0.1, -0.05) is 20.3 Å². The molecule has 0 radical (unpaired) electrons. The molecule has 0 aliphatic carbocycles. The largest absolute Gasteiger partial charge is 0.550 e. The molecule has 0 spiro atoms. The molecule has 0 bridgehead atoms. The number of carboxylic acids is 1. The fraction of sp³-hybridized carbons (Fsp3) is 0.846. The first-order valence-corrected chi connectivity index (χ1v) is 6.33. The summed E-state index contributed by atoms with van der Waals surface area (Å²) in [5.74, 6) is -1.26. The average Bonchev–Trinajstić information content (AvgIpc) is 2.12. The van der Waals surface area contributed by atoms with E-state index < -0.39 is 12.1 Å². The molecular weight excluding hydrogens is 234 g/mol. The first kappa shape index (κ1) is 16.9. The number of carbonyl (C=O) groups is 2. The Balaban J connectivity index is 4.40. The summed E-state index contributed by atoms with van der Waals surface area (Å²) in [6, 6.07) is 0. The maximum Gasteiger partial charge on any atom is 0.306 e. The molecule has 0 aliphatic rings. The van der Waals surface area contributed by atoms with Crippen LogP contribution in [0.15, 0.2) is 0 Å². The van der Waals surface area contributed by atoms with Crippen LogP contribution < -0.4 is 5.11 Å². The molecule has 0 rings (SSSR count). The van der Waals surface area contributed by atoms with Crippen LogP contribution in [0.5, 0.6) is 0 Å². The first-order chi connectivity index (χ1) is 8.14. The number of carboxylic acid groups (broad SMARTS) is 1. The second kappa shape index (κ2) is 7.36. The minimum absolute atomic E-state index is 0.248. The van der Waals surface area contributed by atoms with Crippen LogP contribution in [0.3, 0.4) is 0 Å². The Morgan fingerprint density at radius 1 is 1.22 bits per heavy atom. The molecule has 0 heterocycles. The van der Waals surface area contributed by atoms with Crippen LogP contribution in [0.2, 0.25) is 0 Å². The highest BCUT2D eigenvalue weighted by Gasteiger charge is 2.22. The fourth-order valence-electron chi connectivity index (χ4n) is 1.60. The lowest BCUT2D eigenvalue weighted by Gasteiger charge is -2.29. The van der Waals surface area contributed by atoms with E-state index in [1.807, 2.05) is 35.0 Å².